The molecule has 0 saturated carbocycles. The van der Waals surface area contributed by atoms with Crippen LogP contribution in [0.3, 0.4) is 0 Å². The van der Waals surface area contributed by atoms with E-state index in [1.807, 2.05) is 36.5 Å². The summed E-state index contributed by atoms with van der Waals surface area (Å²) < 4.78 is 7.01. The van der Waals surface area contributed by atoms with Gasteiger partial charge in [-0.1, -0.05) is 30.3 Å². The molecule has 2 aromatic carbocycles. The molecule has 144 valence electrons. The number of carbonyl (C=O) groups is 1. The quantitative estimate of drug-likeness (QED) is 0.288. The molecule has 4 rings (SSSR count). The average molecular weight is 388 g/mol. The van der Waals surface area contributed by atoms with Crippen LogP contribution in [0.25, 0.3) is 6.08 Å². The standard InChI is InChI=1S/C21H16N4O4/c1-14-9-17(7-8-19(14)25(27)28)20-23-18(21(26)29-20)10-16-11-22-24(13-16)12-15-5-3-2-4-6-15/h2-11,13H,12H2,1H3/b18-10-. The fourth-order valence-corrected chi connectivity index (χ4v) is 2.99. The van der Waals surface area contributed by atoms with Crippen molar-refractivity contribution in [3.8, 4) is 0 Å². The number of aliphatic imine (C=N–C) groups is 1. The summed E-state index contributed by atoms with van der Waals surface area (Å²) in [5, 5.41) is 15.3. The van der Waals surface area contributed by atoms with Gasteiger partial charge in [0.15, 0.2) is 5.70 Å². The molecule has 8 heteroatoms. The smallest absolute Gasteiger partial charge is 0.363 e. The second kappa shape index (κ2) is 7.51. The minimum Gasteiger partial charge on any atom is -0.402 e. The Morgan fingerprint density at radius 3 is 2.72 bits per heavy atom. The number of hydrogen-bond acceptors (Lipinski definition) is 6. The zero-order valence-corrected chi connectivity index (χ0v) is 15.5. The molecule has 1 aliphatic rings. The van der Waals surface area contributed by atoms with E-state index < -0.39 is 10.9 Å². The number of aryl methyl sites for hydroxylation is 1. The predicted molar refractivity (Wildman–Crippen MR) is 106 cm³/mol. The van der Waals surface area contributed by atoms with E-state index in [1.54, 1.807) is 29.9 Å². The number of esters is 1. The average Bonchev–Trinajstić information content (AvgIpc) is 3.29. The molecule has 1 aromatic heterocycles. The Morgan fingerprint density at radius 2 is 2.00 bits per heavy atom. The second-order valence-corrected chi connectivity index (χ2v) is 6.55. The fourth-order valence-electron chi connectivity index (χ4n) is 2.99. The number of hydrogen-bond donors (Lipinski definition) is 0. The highest BCUT2D eigenvalue weighted by Crippen LogP contribution is 2.23. The topological polar surface area (TPSA) is 99.6 Å². The third-order valence-corrected chi connectivity index (χ3v) is 4.40. The lowest BCUT2D eigenvalue weighted by atomic mass is 10.1. The van der Waals surface area contributed by atoms with Crippen LogP contribution in [0.1, 0.15) is 22.3 Å². The first-order valence-electron chi connectivity index (χ1n) is 8.84. The number of carbonyl (C=O) groups excluding carboxylic acids is 1. The van der Waals surface area contributed by atoms with Crippen molar-refractivity contribution in [1.29, 1.82) is 0 Å². The maximum atomic E-state index is 12.2. The largest absolute Gasteiger partial charge is 0.402 e. The molecule has 0 bridgehead atoms. The maximum absolute atomic E-state index is 12.2. The molecule has 3 aromatic rings. The summed E-state index contributed by atoms with van der Waals surface area (Å²) in [7, 11) is 0. The van der Waals surface area contributed by atoms with Gasteiger partial charge in [-0.05, 0) is 30.7 Å². The fraction of sp³-hybridized carbons (Fsp3) is 0.0952. The van der Waals surface area contributed by atoms with E-state index in [-0.39, 0.29) is 17.3 Å². The van der Waals surface area contributed by atoms with E-state index >= 15 is 0 Å². The van der Waals surface area contributed by atoms with E-state index in [1.165, 1.54) is 12.1 Å². The van der Waals surface area contributed by atoms with Crippen molar-refractivity contribution < 1.29 is 14.5 Å². The molecule has 0 atom stereocenters. The van der Waals surface area contributed by atoms with E-state index in [4.69, 9.17) is 4.74 Å². The molecule has 0 fully saturated rings. The van der Waals surface area contributed by atoms with Crippen molar-refractivity contribution >= 4 is 23.6 Å². The molecule has 0 saturated heterocycles. The van der Waals surface area contributed by atoms with Gasteiger partial charge in [0, 0.05) is 29.0 Å². The first-order chi connectivity index (χ1) is 14.0. The highest BCUT2D eigenvalue weighted by atomic mass is 16.6. The van der Waals surface area contributed by atoms with Gasteiger partial charge in [-0.15, -0.1) is 0 Å². The number of nitro benzene ring substituents is 1. The van der Waals surface area contributed by atoms with Crippen LogP contribution in [0.2, 0.25) is 0 Å². The van der Waals surface area contributed by atoms with E-state index in [2.05, 4.69) is 10.1 Å². The van der Waals surface area contributed by atoms with Crippen LogP contribution in [0.5, 0.6) is 0 Å². The zero-order valence-electron chi connectivity index (χ0n) is 15.5. The van der Waals surface area contributed by atoms with Crippen LogP contribution in [0, 0.1) is 17.0 Å². The van der Waals surface area contributed by atoms with Gasteiger partial charge in [-0.2, -0.15) is 5.10 Å². The first kappa shape index (κ1) is 18.3. The van der Waals surface area contributed by atoms with E-state index in [0.717, 1.165) is 11.1 Å². The van der Waals surface area contributed by atoms with Gasteiger partial charge in [-0.3, -0.25) is 14.8 Å². The minimum absolute atomic E-state index is 0.000249. The Hall–Kier alpha value is -4.07. The van der Waals surface area contributed by atoms with Crippen LogP contribution < -0.4 is 0 Å². The SMILES string of the molecule is Cc1cc(C2=N/C(=C\c3cnn(Cc4ccccc4)c3)C(=O)O2)ccc1[N+](=O)[O-]. The summed E-state index contributed by atoms with van der Waals surface area (Å²) in [6.07, 6.45) is 5.06. The van der Waals surface area contributed by atoms with Crippen molar-refractivity contribution in [3.05, 3.63) is 99.0 Å². The zero-order chi connectivity index (χ0) is 20.4. The van der Waals surface area contributed by atoms with Crippen LogP contribution in [0.4, 0.5) is 5.69 Å². The van der Waals surface area contributed by atoms with Gasteiger partial charge in [-0.25, -0.2) is 9.79 Å². The van der Waals surface area contributed by atoms with Crippen LogP contribution in [-0.2, 0) is 16.1 Å². The number of ether oxygens (including phenoxy) is 1. The summed E-state index contributed by atoms with van der Waals surface area (Å²) in [5.74, 6) is -0.456. The van der Waals surface area contributed by atoms with E-state index in [9.17, 15) is 14.9 Å². The molecule has 0 spiro atoms. The van der Waals surface area contributed by atoms with Gasteiger partial charge in [0.1, 0.15) is 0 Å². The van der Waals surface area contributed by atoms with Crippen LogP contribution in [-0.4, -0.2) is 26.6 Å². The van der Waals surface area contributed by atoms with Gasteiger partial charge in [0.05, 0.1) is 17.7 Å². The number of rotatable bonds is 5. The van der Waals surface area contributed by atoms with Crippen molar-refractivity contribution in [3.63, 3.8) is 0 Å². The van der Waals surface area contributed by atoms with Crippen molar-refractivity contribution in [2.24, 2.45) is 4.99 Å². The molecule has 8 nitrogen and oxygen atoms in total. The summed E-state index contributed by atoms with van der Waals surface area (Å²) in [6, 6.07) is 14.4. The normalized spacial score (nSPS) is 14.7. The van der Waals surface area contributed by atoms with E-state index in [0.29, 0.717) is 17.7 Å². The van der Waals surface area contributed by atoms with Crippen molar-refractivity contribution in [1.82, 2.24) is 9.78 Å². The first-order valence-corrected chi connectivity index (χ1v) is 8.84. The number of aromatic nitrogens is 2. The second-order valence-electron chi connectivity index (χ2n) is 6.55. The lowest BCUT2D eigenvalue weighted by molar-refractivity contribution is -0.385. The predicted octanol–water partition coefficient (Wildman–Crippen LogP) is 3.49. The molecule has 0 radical (unpaired) electrons. The third-order valence-electron chi connectivity index (χ3n) is 4.40. The lowest BCUT2D eigenvalue weighted by Crippen LogP contribution is -2.06. The Morgan fingerprint density at radius 1 is 1.21 bits per heavy atom. The van der Waals surface area contributed by atoms with Gasteiger partial charge in [0.2, 0.25) is 5.90 Å². The van der Waals surface area contributed by atoms with Gasteiger partial charge in [0.25, 0.3) is 5.69 Å². The molecule has 0 N–H and O–H groups in total. The number of nitrogens with zero attached hydrogens (tertiary/aromatic N) is 4. The van der Waals surface area contributed by atoms with Gasteiger partial charge >= 0.3 is 5.97 Å². The summed E-state index contributed by atoms with van der Waals surface area (Å²) in [6.45, 7) is 2.24. The molecule has 29 heavy (non-hydrogen) atoms. The number of benzene rings is 2. The van der Waals surface area contributed by atoms with Crippen molar-refractivity contribution in [2.45, 2.75) is 13.5 Å². The molecule has 1 aliphatic heterocycles. The molecule has 0 amide bonds. The Kier molecular flexibility index (Phi) is 4.74. The summed E-state index contributed by atoms with van der Waals surface area (Å²) >= 11 is 0. The van der Waals surface area contributed by atoms with Crippen molar-refractivity contribution in [2.75, 3.05) is 0 Å². The summed E-state index contributed by atoms with van der Waals surface area (Å²) in [4.78, 5) is 26.9. The number of nitro groups is 1. The maximum Gasteiger partial charge on any atom is 0.363 e. The molecule has 2 heterocycles. The molecule has 0 aliphatic carbocycles. The Balaban J connectivity index is 1.55. The number of cyclic esters (lactones) is 1. The minimum atomic E-state index is -0.577. The van der Waals surface area contributed by atoms with Crippen LogP contribution >= 0.6 is 0 Å². The third kappa shape index (κ3) is 3.96. The van der Waals surface area contributed by atoms with Gasteiger partial charge < -0.3 is 4.74 Å². The Labute approximate surface area is 165 Å². The lowest BCUT2D eigenvalue weighted by Gasteiger charge is -2.01. The molecule has 0 unspecified atom stereocenters. The summed E-state index contributed by atoms with van der Waals surface area (Å²) in [5.41, 5.74) is 2.95. The highest BCUT2D eigenvalue weighted by Gasteiger charge is 2.25. The van der Waals surface area contributed by atoms with Crippen LogP contribution in [0.15, 0.2) is 71.6 Å². The molecular weight excluding hydrogens is 372 g/mol. The highest BCUT2D eigenvalue weighted by molar-refractivity contribution is 6.13. The Bertz CT molecular complexity index is 1160. The molecular formula is C21H16N4O4. The monoisotopic (exact) mass is 388 g/mol.